The minimum atomic E-state index is 1.02. The molecule has 0 N–H and O–H groups in total. The second-order valence-corrected chi connectivity index (χ2v) is 7.59. The van der Waals surface area contributed by atoms with Crippen LogP contribution in [0, 0.1) is 0 Å². The minimum Gasteiger partial charge on any atom is -0.0654 e. The van der Waals surface area contributed by atoms with Gasteiger partial charge in [0.1, 0.15) is 0 Å². The topological polar surface area (TPSA) is 0 Å². The number of aryl methyl sites for hydroxylation is 1. The average Bonchev–Trinajstić information content (AvgIpc) is 2.71. The first-order chi connectivity index (χ1) is 13.3. The lowest BCUT2D eigenvalue weighted by Gasteiger charge is -2.13. The normalized spacial score (nSPS) is 10.9. The lowest BCUT2D eigenvalue weighted by atomic mass is 9.92. The highest BCUT2D eigenvalue weighted by molar-refractivity contribution is 5.38. The predicted octanol–water partition coefficient (Wildman–Crippen LogP) is 7.38. The molecule has 27 heavy (non-hydrogen) atoms. The van der Waals surface area contributed by atoms with Crippen molar-refractivity contribution in [2.75, 3.05) is 0 Å². The molecular weight excluding hydrogens is 324 g/mol. The largest absolute Gasteiger partial charge is 0.0654 e. The summed E-state index contributed by atoms with van der Waals surface area (Å²) in [6.45, 7) is 2.28. The monoisotopic (exact) mass is 356 g/mol. The van der Waals surface area contributed by atoms with Gasteiger partial charge in [0.05, 0.1) is 0 Å². The summed E-state index contributed by atoms with van der Waals surface area (Å²) in [4.78, 5) is 0. The maximum absolute atomic E-state index is 2.46. The van der Waals surface area contributed by atoms with Crippen molar-refractivity contribution < 1.29 is 0 Å². The third-order valence-electron chi connectivity index (χ3n) is 5.31. The molecule has 0 aromatic heterocycles. The molecule has 3 aromatic rings. The standard InChI is InChI=1S/C27H32/c1-2-3-4-5-12-17-26-22-25(20-23-13-8-6-9-14-23)18-19-27(26)21-24-15-10-7-11-16-24/h6-11,13-16,18-19,22H,2-5,12,17,20-21H2,1H3. The molecule has 0 atom stereocenters. The van der Waals surface area contributed by atoms with Crippen molar-refractivity contribution in [1.82, 2.24) is 0 Å². The van der Waals surface area contributed by atoms with Gasteiger partial charge in [0.25, 0.3) is 0 Å². The van der Waals surface area contributed by atoms with E-state index in [0.717, 1.165) is 12.8 Å². The van der Waals surface area contributed by atoms with Crippen LogP contribution in [-0.4, -0.2) is 0 Å². The molecule has 3 rings (SSSR count). The van der Waals surface area contributed by atoms with E-state index in [2.05, 4.69) is 85.8 Å². The van der Waals surface area contributed by atoms with Gasteiger partial charge in [-0.05, 0) is 53.5 Å². The number of hydrogen-bond donors (Lipinski definition) is 0. The third kappa shape index (κ3) is 6.40. The van der Waals surface area contributed by atoms with Crippen molar-refractivity contribution in [2.45, 2.75) is 58.3 Å². The van der Waals surface area contributed by atoms with E-state index in [0.29, 0.717) is 0 Å². The van der Waals surface area contributed by atoms with E-state index < -0.39 is 0 Å². The number of benzene rings is 3. The summed E-state index contributed by atoms with van der Waals surface area (Å²) in [5, 5.41) is 0. The van der Waals surface area contributed by atoms with Crippen molar-refractivity contribution >= 4 is 0 Å². The van der Waals surface area contributed by atoms with E-state index in [-0.39, 0.29) is 0 Å². The highest BCUT2D eigenvalue weighted by Gasteiger charge is 2.07. The van der Waals surface area contributed by atoms with Gasteiger partial charge in [0, 0.05) is 0 Å². The van der Waals surface area contributed by atoms with Gasteiger partial charge < -0.3 is 0 Å². The molecule has 0 aliphatic heterocycles. The second kappa shape index (κ2) is 10.7. The molecule has 0 heteroatoms. The quantitative estimate of drug-likeness (QED) is 0.332. The molecule has 0 saturated carbocycles. The van der Waals surface area contributed by atoms with Crippen LogP contribution in [0.1, 0.15) is 66.8 Å². The summed E-state index contributed by atoms with van der Waals surface area (Å²) < 4.78 is 0. The zero-order chi connectivity index (χ0) is 18.7. The highest BCUT2D eigenvalue weighted by Crippen LogP contribution is 2.21. The Morgan fingerprint density at radius 1 is 0.519 bits per heavy atom. The van der Waals surface area contributed by atoms with Crippen molar-refractivity contribution in [3.63, 3.8) is 0 Å². The minimum absolute atomic E-state index is 1.02. The van der Waals surface area contributed by atoms with Crippen LogP contribution in [0.25, 0.3) is 0 Å². The van der Waals surface area contributed by atoms with Gasteiger partial charge in [-0.2, -0.15) is 0 Å². The Bertz CT molecular complexity index is 787. The molecular formula is C27H32. The van der Waals surface area contributed by atoms with Crippen LogP contribution < -0.4 is 0 Å². The molecule has 0 heterocycles. The molecule has 0 nitrogen and oxygen atoms in total. The molecule has 0 saturated heterocycles. The third-order valence-corrected chi connectivity index (χ3v) is 5.31. The SMILES string of the molecule is CCCCCCCc1cc(Cc2ccccc2)ccc1Cc1ccccc1. The predicted molar refractivity (Wildman–Crippen MR) is 117 cm³/mol. The Kier molecular flexibility index (Phi) is 7.71. The van der Waals surface area contributed by atoms with E-state index in [1.54, 1.807) is 5.56 Å². The van der Waals surface area contributed by atoms with Gasteiger partial charge in [0.2, 0.25) is 0 Å². The Morgan fingerprint density at radius 3 is 1.81 bits per heavy atom. The molecule has 0 unspecified atom stereocenters. The van der Waals surface area contributed by atoms with Gasteiger partial charge in [-0.15, -0.1) is 0 Å². The van der Waals surface area contributed by atoms with Crippen LogP contribution in [0.2, 0.25) is 0 Å². The Hall–Kier alpha value is -2.34. The summed E-state index contributed by atoms with van der Waals surface area (Å²) in [5.74, 6) is 0. The van der Waals surface area contributed by atoms with Crippen molar-refractivity contribution in [2.24, 2.45) is 0 Å². The fraction of sp³-hybridized carbons (Fsp3) is 0.333. The Balaban J connectivity index is 1.74. The van der Waals surface area contributed by atoms with E-state index in [1.165, 1.54) is 60.8 Å². The average molecular weight is 357 g/mol. The summed E-state index contributed by atoms with van der Waals surface area (Å²) in [6.07, 6.45) is 9.96. The molecule has 140 valence electrons. The summed E-state index contributed by atoms with van der Waals surface area (Å²) in [6, 6.07) is 28.8. The lowest BCUT2D eigenvalue weighted by Crippen LogP contribution is -1.99. The molecule has 0 aliphatic carbocycles. The number of unbranched alkanes of at least 4 members (excludes halogenated alkanes) is 4. The fourth-order valence-corrected chi connectivity index (χ4v) is 3.76. The molecule has 3 aromatic carbocycles. The van der Waals surface area contributed by atoms with Gasteiger partial charge in [0.15, 0.2) is 0 Å². The zero-order valence-corrected chi connectivity index (χ0v) is 16.7. The fourth-order valence-electron chi connectivity index (χ4n) is 3.76. The smallest absolute Gasteiger partial charge is 0.00230 e. The van der Waals surface area contributed by atoms with Crippen LogP contribution in [-0.2, 0) is 19.3 Å². The van der Waals surface area contributed by atoms with E-state index in [1.807, 2.05) is 0 Å². The zero-order valence-electron chi connectivity index (χ0n) is 16.7. The maximum atomic E-state index is 2.46. The highest BCUT2D eigenvalue weighted by atomic mass is 14.1. The Morgan fingerprint density at radius 2 is 1.15 bits per heavy atom. The number of hydrogen-bond acceptors (Lipinski definition) is 0. The van der Waals surface area contributed by atoms with Gasteiger partial charge >= 0.3 is 0 Å². The summed E-state index contributed by atoms with van der Waals surface area (Å²) in [5.41, 5.74) is 7.27. The van der Waals surface area contributed by atoms with Gasteiger partial charge in [-0.25, -0.2) is 0 Å². The molecule has 0 fully saturated rings. The van der Waals surface area contributed by atoms with Crippen molar-refractivity contribution in [1.29, 1.82) is 0 Å². The first-order valence-electron chi connectivity index (χ1n) is 10.5. The van der Waals surface area contributed by atoms with E-state index in [9.17, 15) is 0 Å². The summed E-state index contributed by atoms with van der Waals surface area (Å²) >= 11 is 0. The van der Waals surface area contributed by atoms with Crippen LogP contribution in [0.3, 0.4) is 0 Å². The van der Waals surface area contributed by atoms with E-state index in [4.69, 9.17) is 0 Å². The first kappa shape index (κ1) is 19.4. The van der Waals surface area contributed by atoms with Crippen LogP contribution in [0.15, 0.2) is 78.9 Å². The molecule has 0 spiro atoms. The molecule has 0 amide bonds. The van der Waals surface area contributed by atoms with Crippen molar-refractivity contribution in [3.8, 4) is 0 Å². The van der Waals surface area contributed by atoms with Gasteiger partial charge in [-0.3, -0.25) is 0 Å². The lowest BCUT2D eigenvalue weighted by molar-refractivity contribution is 0.631. The molecule has 0 radical (unpaired) electrons. The van der Waals surface area contributed by atoms with Crippen molar-refractivity contribution in [3.05, 3.63) is 107 Å². The maximum Gasteiger partial charge on any atom is -0.00230 e. The molecule has 0 aliphatic rings. The van der Waals surface area contributed by atoms with Gasteiger partial charge in [-0.1, -0.05) is 111 Å². The number of rotatable bonds is 10. The van der Waals surface area contributed by atoms with E-state index >= 15 is 0 Å². The molecule has 0 bridgehead atoms. The first-order valence-corrected chi connectivity index (χ1v) is 10.5. The summed E-state index contributed by atoms with van der Waals surface area (Å²) in [7, 11) is 0. The van der Waals surface area contributed by atoms with Crippen LogP contribution >= 0.6 is 0 Å². The van der Waals surface area contributed by atoms with Crippen LogP contribution in [0.5, 0.6) is 0 Å². The Labute approximate surface area is 165 Å². The second-order valence-electron chi connectivity index (χ2n) is 7.59. The van der Waals surface area contributed by atoms with Crippen LogP contribution in [0.4, 0.5) is 0 Å².